The van der Waals surface area contributed by atoms with Crippen LogP contribution in [0.4, 0.5) is 34.1 Å². The van der Waals surface area contributed by atoms with E-state index in [2.05, 4.69) is 269 Å². The fourth-order valence-electron chi connectivity index (χ4n) is 10.3. The van der Waals surface area contributed by atoms with Crippen LogP contribution in [-0.4, -0.2) is 0 Å². The summed E-state index contributed by atoms with van der Waals surface area (Å²) in [6, 6.07) is 82.9. The molecule has 0 amide bonds. The van der Waals surface area contributed by atoms with Gasteiger partial charge < -0.3 is 9.80 Å². The molecule has 1 aliphatic carbocycles. The molecule has 9 aromatic carbocycles. The van der Waals surface area contributed by atoms with Gasteiger partial charge in [0, 0.05) is 44.7 Å². The van der Waals surface area contributed by atoms with Crippen molar-refractivity contribution in [2.24, 2.45) is 0 Å². The standard InChI is InChI=1S/C63H52N2/c1-62(2,3)46-34-38-58(53(40-46)43-22-10-6-11-23-43)64(49-35-37-51-50-30-18-20-32-55(50)63(4,5)56(51)42-49)48-36-39-59-54(41-48)61(60(44-24-12-7-13-25-44)45-26-14-8-15-27-45)52-31-19-21-33-57(52)65(59)47-28-16-9-17-29-47/h6-42H,1-5H3. The summed E-state index contributed by atoms with van der Waals surface area (Å²) in [5.74, 6) is 0. The molecule has 1 aliphatic heterocycles. The lowest BCUT2D eigenvalue weighted by Crippen LogP contribution is -2.20. The maximum Gasteiger partial charge on any atom is 0.0542 e. The van der Waals surface area contributed by atoms with Crippen molar-refractivity contribution in [2.45, 2.75) is 45.4 Å². The van der Waals surface area contributed by atoms with Crippen LogP contribution in [0.25, 0.3) is 33.4 Å². The van der Waals surface area contributed by atoms with Crippen LogP contribution in [0.5, 0.6) is 0 Å². The second-order valence-corrected chi connectivity index (χ2v) is 19.0. The highest BCUT2D eigenvalue weighted by molar-refractivity contribution is 6.13. The topological polar surface area (TPSA) is 6.48 Å². The first-order chi connectivity index (χ1) is 31.7. The normalized spacial score (nSPS) is 13.4. The van der Waals surface area contributed by atoms with Crippen molar-refractivity contribution in [2.75, 3.05) is 9.80 Å². The summed E-state index contributed by atoms with van der Waals surface area (Å²) in [6.45, 7) is 11.7. The predicted octanol–water partition coefficient (Wildman–Crippen LogP) is 17.2. The van der Waals surface area contributed by atoms with E-state index in [1.165, 1.54) is 72.3 Å². The number of nitrogens with zero attached hydrogens (tertiary/aromatic N) is 2. The van der Waals surface area contributed by atoms with Gasteiger partial charge in [-0.3, -0.25) is 0 Å². The van der Waals surface area contributed by atoms with Crippen molar-refractivity contribution in [1.29, 1.82) is 0 Å². The zero-order chi connectivity index (χ0) is 44.3. The van der Waals surface area contributed by atoms with Gasteiger partial charge in [-0.15, -0.1) is 0 Å². The minimum atomic E-state index is -0.169. The van der Waals surface area contributed by atoms with E-state index >= 15 is 0 Å². The van der Waals surface area contributed by atoms with Crippen LogP contribution in [0.2, 0.25) is 0 Å². The zero-order valence-corrected chi connectivity index (χ0v) is 37.8. The van der Waals surface area contributed by atoms with Gasteiger partial charge in [0.05, 0.1) is 17.1 Å². The third-order valence-electron chi connectivity index (χ3n) is 13.6. The van der Waals surface area contributed by atoms with Gasteiger partial charge in [-0.25, -0.2) is 0 Å². The number of hydrogen-bond acceptors (Lipinski definition) is 2. The number of fused-ring (bicyclic) bond motifs is 5. The van der Waals surface area contributed by atoms with E-state index in [0.29, 0.717) is 0 Å². The van der Waals surface area contributed by atoms with Gasteiger partial charge in [0.15, 0.2) is 0 Å². The minimum Gasteiger partial charge on any atom is -0.310 e. The van der Waals surface area contributed by atoms with E-state index in [-0.39, 0.29) is 10.8 Å². The molecule has 0 unspecified atom stereocenters. The molecule has 0 radical (unpaired) electrons. The van der Waals surface area contributed by atoms with Crippen LogP contribution < -0.4 is 9.80 Å². The van der Waals surface area contributed by atoms with Gasteiger partial charge in [0.25, 0.3) is 0 Å². The van der Waals surface area contributed by atoms with Crippen LogP contribution in [0, 0.1) is 0 Å². The van der Waals surface area contributed by atoms with Gasteiger partial charge in [-0.05, 0) is 116 Å². The van der Waals surface area contributed by atoms with E-state index in [0.717, 1.165) is 34.1 Å². The average molecular weight is 837 g/mol. The van der Waals surface area contributed by atoms with E-state index in [1.54, 1.807) is 0 Å². The molecule has 9 aromatic rings. The number of para-hydroxylation sites is 2. The molecule has 11 rings (SSSR count). The van der Waals surface area contributed by atoms with Crippen LogP contribution in [0.1, 0.15) is 73.6 Å². The average Bonchev–Trinajstić information content (AvgIpc) is 3.57. The fourth-order valence-corrected chi connectivity index (χ4v) is 10.3. The predicted molar refractivity (Wildman–Crippen MR) is 275 cm³/mol. The van der Waals surface area contributed by atoms with E-state index in [9.17, 15) is 0 Å². The molecular weight excluding hydrogens is 785 g/mol. The largest absolute Gasteiger partial charge is 0.310 e. The second-order valence-electron chi connectivity index (χ2n) is 19.0. The highest BCUT2D eigenvalue weighted by Gasteiger charge is 2.37. The highest BCUT2D eigenvalue weighted by atomic mass is 15.2. The number of benzene rings is 9. The number of rotatable bonds is 7. The first kappa shape index (κ1) is 40.1. The zero-order valence-electron chi connectivity index (χ0n) is 37.8. The van der Waals surface area contributed by atoms with Crippen LogP contribution >= 0.6 is 0 Å². The highest BCUT2D eigenvalue weighted by Crippen LogP contribution is 2.55. The van der Waals surface area contributed by atoms with Crippen LogP contribution in [0.15, 0.2) is 224 Å². The molecule has 2 heteroatoms. The molecular formula is C63H52N2. The van der Waals surface area contributed by atoms with Gasteiger partial charge in [-0.1, -0.05) is 198 Å². The second kappa shape index (κ2) is 15.8. The fraction of sp³-hybridized carbons (Fsp3) is 0.111. The SMILES string of the molecule is CC(C)(C)c1ccc(N(c2ccc3c(c2)C(=C(c2ccccc2)c2ccccc2)c2ccccc2N3c2ccccc2)c2ccc3c(c2)C(C)(C)c2ccccc2-3)c(-c2ccccc2)c1. The molecule has 0 fully saturated rings. The van der Waals surface area contributed by atoms with Crippen molar-refractivity contribution < 1.29 is 0 Å². The quantitative estimate of drug-likeness (QED) is 0.158. The maximum absolute atomic E-state index is 2.52. The molecule has 2 nitrogen and oxygen atoms in total. The molecule has 2 aliphatic rings. The molecule has 314 valence electrons. The molecule has 0 saturated carbocycles. The Morgan fingerprint density at radius 1 is 0.431 bits per heavy atom. The van der Waals surface area contributed by atoms with E-state index < -0.39 is 0 Å². The molecule has 0 atom stereocenters. The molecule has 0 bridgehead atoms. The maximum atomic E-state index is 2.52. The Labute approximate surface area is 384 Å². The van der Waals surface area contributed by atoms with Gasteiger partial charge in [0.2, 0.25) is 0 Å². The van der Waals surface area contributed by atoms with Crippen LogP contribution in [0.3, 0.4) is 0 Å². The smallest absolute Gasteiger partial charge is 0.0542 e. The molecule has 0 saturated heterocycles. The lowest BCUT2D eigenvalue weighted by atomic mass is 9.81. The van der Waals surface area contributed by atoms with Gasteiger partial charge in [-0.2, -0.15) is 0 Å². The summed E-state index contributed by atoms with van der Waals surface area (Å²) in [4.78, 5) is 4.96. The number of anilines is 6. The van der Waals surface area contributed by atoms with E-state index in [4.69, 9.17) is 0 Å². The lowest BCUT2D eigenvalue weighted by molar-refractivity contribution is 0.590. The van der Waals surface area contributed by atoms with Crippen molar-refractivity contribution in [1.82, 2.24) is 0 Å². The summed E-state index contributed by atoms with van der Waals surface area (Å²) in [6.07, 6.45) is 0. The Morgan fingerprint density at radius 2 is 0.969 bits per heavy atom. The molecule has 0 spiro atoms. The van der Waals surface area contributed by atoms with Crippen molar-refractivity contribution in [3.63, 3.8) is 0 Å². The summed E-state index contributed by atoms with van der Waals surface area (Å²) in [7, 11) is 0. The summed E-state index contributed by atoms with van der Waals surface area (Å²) >= 11 is 0. The Balaban J connectivity index is 1.24. The number of hydrogen-bond donors (Lipinski definition) is 0. The van der Waals surface area contributed by atoms with Crippen LogP contribution in [-0.2, 0) is 10.8 Å². The summed E-state index contributed by atoms with van der Waals surface area (Å²) < 4.78 is 0. The lowest BCUT2D eigenvalue weighted by Gasteiger charge is -2.37. The molecule has 1 heterocycles. The first-order valence-corrected chi connectivity index (χ1v) is 22.9. The Hall–Kier alpha value is -7.68. The first-order valence-electron chi connectivity index (χ1n) is 22.9. The molecule has 0 N–H and O–H groups in total. The van der Waals surface area contributed by atoms with Gasteiger partial charge >= 0.3 is 0 Å². The van der Waals surface area contributed by atoms with Crippen molar-refractivity contribution in [3.8, 4) is 22.3 Å². The Kier molecular flexibility index (Phi) is 9.78. The van der Waals surface area contributed by atoms with E-state index in [1.807, 2.05) is 0 Å². The monoisotopic (exact) mass is 836 g/mol. The Morgan fingerprint density at radius 3 is 1.65 bits per heavy atom. The summed E-state index contributed by atoms with van der Waals surface area (Å²) in [5, 5.41) is 0. The van der Waals surface area contributed by atoms with Crippen molar-refractivity contribution in [3.05, 3.63) is 263 Å². The van der Waals surface area contributed by atoms with Crippen molar-refractivity contribution >= 4 is 45.3 Å². The third-order valence-corrected chi connectivity index (χ3v) is 13.6. The molecule has 0 aromatic heterocycles. The van der Waals surface area contributed by atoms with Gasteiger partial charge in [0.1, 0.15) is 0 Å². The third kappa shape index (κ3) is 6.89. The summed E-state index contributed by atoms with van der Waals surface area (Å²) in [5.41, 5.74) is 22.7. The molecule has 65 heavy (non-hydrogen) atoms. The Bertz CT molecular complexity index is 3210. The minimum absolute atomic E-state index is 0.0403.